The number of aromatic amines is 1. The molecular formula is C15H18F3N6O8PS3. The Labute approximate surface area is 211 Å². The Hall–Kier alpha value is -1.99. The highest BCUT2D eigenvalue weighted by Gasteiger charge is 2.55. The molecule has 21 heteroatoms. The van der Waals surface area contributed by atoms with Crippen LogP contribution in [0.2, 0.25) is 0 Å². The van der Waals surface area contributed by atoms with Crippen molar-refractivity contribution in [1.82, 2.24) is 30.8 Å². The molecule has 0 saturated carbocycles. The van der Waals surface area contributed by atoms with Crippen LogP contribution in [0, 0.1) is 0 Å². The predicted octanol–water partition coefficient (Wildman–Crippen LogP) is -0.111. The van der Waals surface area contributed by atoms with Crippen LogP contribution in [0.1, 0.15) is 6.92 Å². The normalized spacial score (nSPS) is 23.4. The van der Waals surface area contributed by atoms with Gasteiger partial charge in [0.25, 0.3) is 5.91 Å². The Bertz CT molecular complexity index is 1140. The molecule has 0 radical (unpaired) electrons. The van der Waals surface area contributed by atoms with E-state index in [-0.39, 0.29) is 23.1 Å². The number of aliphatic carboxylic acids is 1. The van der Waals surface area contributed by atoms with E-state index in [9.17, 15) is 46.3 Å². The summed E-state index contributed by atoms with van der Waals surface area (Å²) in [5.41, 5.74) is -5.55. The second-order valence-corrected chi connectivity index (χ2v) is 12.7. The summed E-state index contributed by atoms with van der Waals surface area (Å²) in [5, 5.41) is 23.0. The summed E-state index contributed by atoms with van der Waals surface area (Å²) >= 11 is 1.80. The first kappa shape index (κ1) is 28.6. The zero-order valence-electron chi connectivity index (χ0n) is 18.0. The van der Waals surface area contributed by atoms with Gasteiger partial charge >= 0.3 is 19.1 Å². The second-order valence-electron chi connectivity index (χ2n) is 7.11. The quantitative estimate of drug-likeness (QED) is 0.150. The summed E-state index contributed by atoms with van der Waals surface area (Å²) in [7, 11) is -7.67. The number of nitrogens with one attached hydrogen (secondary N) is 2. The highest BCUT2D eigenvalue weighted by Crippen LogP contribution is 2.50. The summed E-state index contributed by atoms with van der Waals surface area (Å²) in [4.78, 5) is 47.8. The number of thioether (sulfide) groups is 2. The molecule has 0 spiro atoms. The first-order valence-electron chi connectivity index (χ1n) is 9.77. The Morgan fingerprint density at radius 3 is 2.72 bits per heavy atom. The zero-order valence-corrected chi connectivity index (χ0v) is 21.3. The van der Waals surface area contributed by atoms with E-state index in [0.29, 0.717) is 0 Å². The van der Waals surface area contributed by atoms with E-state index in [0.717, 1.165) is 28.4 Å². The first-order valence-corrected chi connectivity index (χ1v) is 14.8. The van der Waals surface area contributed by atoms with E-state index < -0.39 is 76.0 Å². The van der Waals surface area contributed by atoms with Crippen molar-refractivity contribution in [2.45, 2.75) is 34.3 Å². The minimum atomic E-state index is -5.11. The van der Waals surface area contributed by atoms with E-state index in [1.807, 2.05) is 0 Å². The average Bonchev–Trinajstić information content (AvgIpc) is 3.28. The molecule has 1 aromatic heterocycles. The third-order valence-corrected chi connectivity index (χ3v) is 9.92. The standard InChI is InChI=1S/C15H18F3N6O8PS3/c1-2-32-33(29,30)3-7(35-14-20-22-23-21-14)6-4-34-12-9(11(26)24(12)10(6)13(27)28)19-8(25)5-36(31)15(16,17)18/h7,9,12H,2-5H2,1H3,(H,19,25)(H,27,28)(H,29,30)(H,20,21,22,23)/t7?,9-,12+,36?/m1/s1. The molecule has 4 N–H and O–H groups in total. The smallest absolute Gasteiger partial charge is 0.471 e. The van der Waals surface area contributed by atoms with Crippen molar-refractivity contribution in [2.75, 3.05) is 24.3 Å². The van der Waals surface area contributed by atoms with E-state index in [4.69, 9.17) is 4.52 Å². The van der Waals surface area contributed by atoms with Gasteiger partial charge in [0.1, 0.15) is 33.7 Å². The fourth-order valence-corrected chi connectivity index (χ4v) is 8.12. The van der Waals surface area contributed by atoms with Gasteiger partial charge in [-0.2, -0.15) is 18.4 Å². The summed E-state index contributed by atoms with van der Waals surface area (Å²) < 4.78 is 65.9. The topological polar surface area (TPSA) is 205 Å². The molecule has 14 nitrogen and oxygen atoms in total. The molecule has 1 aromatic rings. The van der Waals surface area contributed by atoms with Gasteiger partial charge in [0.05, 0.1) is 12.8 Å². The number of carboxylic acid groups (broad SMARTS) is 1. The number of alkyl halides is 3. The van der Waals surface area contributed by atoms with E-state index in [2.05, 4.69) is 25.9 Å². The number of amides is 2. The van der Waals surface area contributed by atoms with E-state index in [1.165, 1.54) is 6.92 Å². The SMILES string of the molecule is CCOP(=O)(O)CC(Sc1nn[nH]n1)C1=C(C(=O)O)N2C(=O)[C@@H](NC(=O)CS(=O)C(F)(F)F)[C@@H]2SC1. The Morgan fingerprint density at radius 2 is 2.17 bits per heavy atom. The van der Waals surface area contributed by atoms with Gasteiger partial charge in [-0.3, -0.25) is 19.1 Å². The zero-order chi connectivity index (χ0) is 26.8. The molecule has 2 amide bonds. The minimum absolute atomic E-state index is 0.0265. The van der Waals surface area contributed by atoms with Gasteiger partial charge in [-0.1, -0.05) is 11.8 Å². The van der Waals surface area contributed by atoms with Crippen molar-refractivity contribution < 1.29 is 50.9 Å². The minimum Gasteiger partial charge on any atom is -0.477 e. The monoisotopic (exact) mass is 594 g/mol. The summed E-state index contributed by atoms with van der Waals surface area (Å²) in [5.74, 6) is -5.26. The van der Waals surface area contributed by atoms with Gasteiger partial charge in [-0.15, -0.1) is 22.0 Å². The maximum Gasteiger partial charge on any atom is 0.471 e. The van der Waals surface area contributed by atoms with Crippen molar-refractivity contribution >= 4 is 59.7 Å². The van der Waals surface area contributed by atoms with Crippen molar-refractivity contribution in [3.63, 3.8) is 0 Å². The number of tetrazole rings is 1. The molecular weight excluding hydrogens is 576 g/mol. The molecule has 5 atom stereocenters. The van der Waals surface area contributed by atoms with Crippen LogP contribution in [0.4, 0.5) is 13.2 Å². The highest BCUT2D eigenvalue weighted by atomic mass is 32.2. The molecule has 1 saturated heterocycles. The number of hydrogen-bond acceptors (Lipinski definition) is 11. The average molecular weight is 595 g/mol. The van der Waals surface area contributed by atoms with Crippen molar-refractivity contribution in [2.24, 2.45) is 0 Å². The molecule has 2 aliphatic heterocycles. The summed E-state index contributed by atoms with van der Waals surface area (Å²) in [6, 6.07) is -1.35. The number of nitrogens with zero attached hydrogens (tertiary/aromatic N) is 4. The van der Waals surface area contributed by atoms with Crippen LogP contribution in [0.15, 0.2) is 16.4 Å². The molecule has 3 heterocycles. The van der Waals surface area contributed by atoms with E-state index in [1.54, 1.807) is 0 Å². The number of β-lactam (4-membered cyclic amide) rings is 1. The Kier molecular flexibility index (Phi) is 8.87. The van der Waals surface area contributed by atoms with Gasteiger partial charge < -0.3 is 19.8 Å². The maximum atomic E-state index is 12.7. The molecule has 0 aromatic carbocycles. The number of aromatic nitrogens is 4. The lowest BCUT2D eigenvalue weighted by Gasteiger charge is -2.50. The summed E-state index contributed by atoms with van der Waals surface area (Å²) in [6.07, 6.45) is -0.553. The molecule has 1 fully saturated rings. The molecule has 3 rings (SSSR count). The number of fused-ring (bicyclic) bond motifs is 1. The number of halogens is 3. The lowest BCUT2D eigenvalue weighted by Crippen LogP contribution is -2.71. The first-order chi connectivity index (χ1) is 16.7. The van der Waals surface area contributed by atoms with Crippen LogP contribution >= 0.6 is 31.1 Å². The molecule has 2 aliphatic rings. The molecule has 0 bridgehead atoms. The molecule has 200 valence electrons. The van der Waals surface area contributed by atoms with Crippen LogP contribution in [0.25, 0.3) is 0 Å². The fraction of sp³-hybridized carbons (Fsp3) is 0.600. The van der Waals surface area contributed by atoms with Gasteiger partial charge in [0.15, 0.2) is 0 Å². The van der Waals surface area contributed by atoms with E-state index >= 15 is 0 Å². The van der Waals surface area contributed by atoms with Crippen LogP contribution in [-0.4, -0.2) is 104 Å². The van der Waals surface area contributed by atoms with Gasteiger partial charge in [0.2, 0.25) is 11.1 Å². The third-order valence-electron chi connectivity index (χ3n) is 4.73. The maximum absolute atomic E-state index is 12.7. The van der Waals surface area contributed by atoms with Gasteiger partial charge in [-0.05, 0) is 17.7 Å². The number of hydrogen-bond donors (Lipinski definition) is 4. The van der Waals surface area contributed by atoms with Crippen molar-refractivity contribution in [3.8, 4) is 0 Å². The van der Waals surface area contributed by atoms with Crippen LogP contribution in [0.3, 0.4) is 0 Å². The van der Waals surface area contributed by atoms with Gasteiger partial charge in [0, 0.05) is 11.0 Å². The summed E-state index contributed by atoms with van der Waals surface area (Å²) in [6.45, 7) is 1.39. The number of H-pyrrole nitrogens is 1. The molecule has 36 heavy (non-hydrogen) atoms. The fourth-order valence-electron chi connectivity index (χ4n) is 3.32. The van der Waals surface area contributed by atoms with Crippen LogP contribution in [-0.2, 0) is 34.3 Å². The van der Waals surface area contributed by atoms with Gasteiger partial charge in [-0.25, -0.2) is 9.00 Å². The second kappa shape index (κ2) is 11.2. The lowest BCUT2D eigenvalue weighted by atomic mass is 10.0. The van der Waals surface area contributed by atoms with Crippen LogP contribution in [0.5, 0.6) is 0 Å². The highest BCUT2D eigenvalue weighted by molar-refractivity contribution is 8.01. The van der Waals surface area contributed by atoms with Crippen molar-refractivity contribution in [3.05, 3.63) is 11.3 Å². The third kappa shape index (κ3) is 6.46. The lowest BCUT2D eigenvalue weighted by molar-refractivity contribution is -0.150. The number of carboxylic acids is 1. The van der Waals surface area contributed by atoms with Crippen LogP contribution < -0.4 is 5.32 Å². The largest absolute Gasteiger partial charge is 0.477 e. The predicted molar refractivity (Wildman–Crippen MR) is 119 cm³/mol. The number of carbonyl (C=O) groups excluding carboxylic acids is 2. The number of carbonyl (C=O) groups is 3. The Balaban J connectivity index is 1.85. The molecule has 0 aliphatic carbocycles. The Morgan fingerprint density at radius 1 is 1.47 bits per heavy atom. The number of rotatable bonds is 11. The molecule has 3 unspecified atom stereocenters. The van der Waals surface area contributed by atoms with Crippen molar-refractivity contribution in [1.29, 1.82) is 0 Å².